The molecule has 13 heavy (non-hydrogen) atoms. The molecule has 0 amide bonds. The number of benzene rings is 1. The van der Waals surface area contributed by atoms with Gasteiger partial charge in [0.25, 0.3) is 0 Å². The molecule has 0 aromatic heterocycles. The fourth-order valence-electron chi connectivity index (χ4n) is 1.98. The van der Waals surface area contributed by atoms with Gasteiger partial charge in [0.1, 0.15) is 5.75 Å². The number of halogens is 1. The van der Waals surface area contributed by atoms with Gasteiger partial charge in [0.05, 0.1) is 0 Å². The van der Waals surface area contributed by atoms with E-state index >= 15 is 0 Å². The van der Waals surface area contributed by atoms with Crippen LogP contribution in [0.4, 0.5) is 0 Å². The summed E-state index contributed by atoms with van der Waals surface area (Å²) < 4.78 is 0. The van der Waals surface area contributed by atoms with E-state index in [-0.39, 0.29) is 0 Å². The van der Waals surface area contributed by atoms with Crippen LogP contribution in [0.1, 0.15) is 30.7 Å². The molecule has 2 atom stereocenters. The van der Waals surface area contributed by atoms with Gasteiger partial charge in [-0.15, -0.1) is 11.6 Å². The van der Waals surface area contributed by atoms with E-state index in [0.29, 0.717) is 17.0 Å². The van der Waals surface area contributed by atoms with Crippen LogP contribution in [0.25, 0.3) is 0 Å². The van der Waals surface area contributed by atoms with Crippen molar-refractivity contribution < 1.29 is 5.11 Å². The molecule has 1 aromatic rings. The Morgan fingerprint density at radius 1 is 1.15 bits per heavy atom. The van der Waals surface area contributed by atoms with E-state index in [1.165, 1.54) is 12.0 Å². The van der Waals surface area contributed by atoms with Gasteiger partial charge >= 0.3 is 0 Å². The van der Waals surface area contributed by atoms with Gasteiger partial charge in [0.2, 0.25) is 0 Å². The van der Waals surface area contributed by atoms with Crippen LogP contribution >= 0.6 is 11.6 Å². The summed E-state index contributed by atoms with van der Waals surface area (Å²) in [6, 6.07) is 7.48. The lowest BCUT2D eigenvalue weighted by atomic mass is 9.98. The van der Waals surface area contributed by atoms with Crippen LogP contribution < -0.4 is 0 Å². The maximum atomic E-state index is 9.13. The first-order valence-electron chi connectivity index (χ1n) is 4.68. The molecule has 0 bridgehead atoms. The summed E-state index contributed by atoms with van der Waals surface area (Å²) in [5, 5.41) is 9.47. The lowest BCUT2D eigenvalue weighted by Crippen LogP contribution is -1.93. The van der Waals surface area contributed by atoms with E-state index in [2.05, 4.69) is 0 Å². The first-order valence-corrected chi connectivity index (χ1v) is 5.12. The average Bonchev–Trinajstić information content (AvgIpc) is 2.53. The first kappa shape index (κ1) is 8.89. The number of rotatable bonds is 1. The molecule has 0 radical (unpaired) electrons. The van der Waals surface area contributed by atoms with Gasteiger partial charge < -0.3 is 5.11 Å². The molecule has 1 N–H and O–H groups in total. The quantitative estimate of drug-likeness (QED) is 0.684. The zero-order valence-corrected chi connectivity index (χ0v) is 8.17. The fourth-order valence-corrected chi connectivity index (χ4v) is 2.32. The van der Waals surface area contributed by atoms with Crippen LogP contribution in [0.5, 0.6) is 5.75 Å². The Hall–Kier alpha value is -0.690. The van der Waals surface area contributed by atoms with Gasteiger partial charge in [0, 0.05) is 5.38 Å². The fraction of sp³-hybridized carbons (Fsp3) is 0.455. The van der Waals surface area contributed by atoms with Crippen molar-refractivity contribution in [2.24, 2.45) is 0 Å². The van der Waals surface area contributed by atoms with Crippen molar-refractivity contribution in [3.63, 3.8) is 0 Å². The third kappa shape index (κ3) is 1.97. The second-order valence-corrected chi connectivity index (χ2v) is 4.32. The minimum Gasteiger partial charge on any atom is -0.508 e. The zero-order valence-electron chi connectivity index (χ0n) is 7.41. The van der Waals surface area contributed by atoms with Gasteiger partial charge in [-0.25, -0.2) is 0 Å². The van der Waals surface area contributed by atoms with Crippen LogP contribution in [0, 0.1) is 0 Å². The minimum absolute atomic E-state index is 0.337. The highest BCUT2D eigenvalue weighted by Crippen LogP contribution is 2.37. The Kier molecular flexibility index (Phi) is 2.45. The van der Waals surface area contributed by atoms with Gasteiger partial charge in [-0.1, -0.05) is 12.1 Å². The molecule has 0 heterocycles. The number of phenolic OH excluding ortho intramolecular Hbond substituents is 1. The van der Waals surface area contributed by atoms with Crippen molar-refractivity contribution in [1.29, 1.82) is 0 Å². The maximum Gasteiger partial charge on any atom is 0.115 e. The highest BCUT2D eigenvalue weighted by atomic mass is 35.5. The molecule has 1 aliphatic rings. The van der Waals surface area contributed by atoms with Crippen molar-refractivity contribution in [2.45, 2.75) is 30.6 Å². The van der Waals surface area contributed by atoms with Crippen LogP contribution in [0.2, 0.25) is 0 Å². The summed E-state index contributed by atoms with van der Waals surface area (Å²) in [6.07, 6.45) is 3.37. The molecule has 0 aliphatic heterocycles. The molecule has 2 heteroatoms. The van der Waals surface area contributed by atoms with Crippen molar-refractivity contribution in [3.8, 4) is 5.75 Å². The molecule has 1 saturated carbocycles. The molecule has 2 unspecified atom stereocenters. The zero-order chi connectivity index (χ0) is 9.26. The van der Waals surface area contributed by atoms with Gasteiger partial charge in [0.15, 0.2) is 0 Å². The molecule has 0 saturated heterocycles. The summed E-state index contributed by atoms with van der Waals surface area (Å²) in [6.45, 7) is 0. The maximum absolute atomic E-state index is 9.13. The number of hydrogen-bond donors (Lipinski definition) is 1. The predicted molar refractivity (Wildman–Crippen MR) is 54.3 cm³/mol. The third-order valence-electron chi connectivity index (χ3n) is 2.73. The molecule has 2 rings (SSSR count). The van der Waals surface area contributed by atoms with E-state index in [4.69, 9.17) is 16.7 Å². The predicted octanol–water partition coefficient (Wildman–Crippen LogP) is 3.27. The Balaban J connectivity index is 2.13. The summed E-state index contributed by atoms with van der Waals surface area (Å²) in [4.78, 5) is 0. The highest BCUT2D eigenvalue weighted by Gasteiger charge is 2.23. The monoisotopic (exact) mass is 196 g/mol. The van der Waals surface area contributed by atoms with E-state index in [0.717, 1.165) is 12.8 Å². The average molecular weight is 197 g/mol. The van der Waals surface area contributed by atoms with Crippen LogP contribution in [0.15, 0.2) is 24.3 Å². The molecule has 0 spiro atoms. The smallest absolute Gasteiger partial charge is 0.115 e. The molecule has 1 aromatic carbocycles. The number of aromatic hydroxyl groups is 1. The second kappa shape index (κ2) is 3.59. The van der Waals surface area contributed by atoms with Gasteiger partial charge in [-0.3, -0.25) is 0 Å². The second-order valence-electron chi connectivity index (χ2n) is 3.70. The van der Waals surface area contributed by atoms with Crippen molar-refractivity contribution in [2.75, 3.05) is 0 Å². The van der Waals surface area contributed by atoms with Gasteiger partial charge in [-0.2, -0.15) is 0 Å². The van der Waals surface area contributed by atoms with E-state index < -0.39 is 0 Å². The summed E-state index contributed by atoms with van der Waals surface area (Å²) in [5.41, 5.74) is 1.31. The Labute approximate surface area is 83.3 Å². The van der Waals surface area contributed by atoms with Crippen molar-refractivity contribution in [3.05, 3.63) is 29.8 Å². The lowest BCUT2D eigenvalue weighted by molar-refractivity contribution is 0.475. The Bertz CT molecular complexity index is 281. The van der Waals surface area contributed by atoms with Crippen LogP contribution in [0.3, 0.4) is 0 Å². The topological polar surface area (TPSA) is 20.2 Å². The molecular formula is C11H13ClO. The van der Waals surface area contributed by atoms with E-state index in [1.54, 1.807) is 12.1 Å². The van der Waals surface area contributed by atoms with E-state index in [1.807, 2.05) is 12.1 Å². The molecule has 1 aliphatic carbocycles. The molecule has 70 valence electrons. The SMILES string of the molecule is Oc1ccc(C2CCC(Cl)C2)cc1. The summed E-state index contributed by atoms with van der Waals surface area (Å²) in [5.74, 6) is 0.937. The standard InChI is InChI=1S/C11H13ClO/c12-10-4-1-9(7-10)8-2-5-11(13)6-3-8/h2-3,5-6,9-10,13H,1,4,7H2. The Morgan fingerprint density at radius 3 is 2.38 bits per heavy atom. The lowest BCUT2D eigenvalue weighted by Gasteiger charge is -2.08. The summed E-state index contributed by atoms with van der Waals surface area (Å²) >= 11 is 6.04. The first-order chi connectivity index (χ1) is 6.25. The molecule has 1 fully saturated rings. The molecule has 1 nitrogen and oxygen atoms in total. The number of hydrogen-bond acceptors (Lipinski definition) is 1. The number of alkyl halides is 1. The molecular weight excluding hydrogens is 184 g/mol. The number of phenols is 1. The van der Waals surface area contributed by atoms with E-state index in [9.17, 15) is 0 Å². The Morgan fingerprint density at radius 2 is 1.85 bits per heavy atom. The minimum atomic E-state index is 0.337. The van der Waals surface area contributed by atoms with Crippen molar-refractivity contribution >= 4 is 11.6 Å². The van der Waals surface area contributed by atoms with Gasteiger partial charge in [-0.05, 0) is 42.9 Å². The van der Waals surface area contributed by atoms with Crippen LogP contribution in [-0.2, 0) is 0 Å². The van der Waals surface area contributed by atoms with Crippen molar-refractivity contribution in [1.82, 2.24) is 0 Å². The van der Waals surface area contributed by atoms with Crippen LogP contribution in [-0.4, -0.2) is 10.5 Å². The largest absolute Gasteiger partial charge is 0.508 e. The normalized spacial score (nSPS) is 27.8. The highest BCUT2D eigenvalue weighted by molar-refractivity contribution is 6.20. The third-order valence-corrected chi connectivity index (χ3v) is 3.13. The summed E-state index contributed by atoms with van der Waals surface area (Å²) in [7, 11) is 0.